The van der Waals surface area contributed by atoms with Crippen LogP contribution in [0.2, 0.25) is 0 Å². The summed E-state index contributed by atoms with van der Waals surface area (Å²) in [5.74, 6) is 0.911. The van der Waals surface area contributed by atoms with Crippen LogP contribution in [-0.4, -0.2) is 35.8 Å². The van der Waals surface area contributed by atoms with Gasteiger partial charge in [0.05, 0.1) is 0 Å². The van der Waals surface area contributed by atoms with Gasteiger partial charge in [-0.05, 0) is 55.9 Å². The van der Waals surface area contributed by atoms with E-state index in [2.05, 4.69) is 12.2 Å². The smallest absolute Gasteiger partial charge is 0.254 e. The molecule has 2 atom stereocenters. The lowest BCUT2D eigenvalue weighted by molar-refractivity contribution is -0.117. The third-order valence-corrected chi connectivity index (χ3v) is 4.86. The lowest BCUT2D eigenvalue weighted by Gasteiger charge is -2.38. The highest BCUT2D eigenvalue weighted by atomic mass is 16.2. The van der Waals surface area contributed by atoms with Crippen molar-refractivity contribution in [3.8, 4) is 0 Å². The monoisotopic (exact) mass is 315 g/mol. The van der Waals surface area contributed by atoms with E-state index in [-0.39, 0.29) is 23.8 Å². The van der Waals surface area contributed by atoms with E-state index < -0.39 is 0 Å². The largest absolute Gasteiger partial charge is 0.334 e. The second-order valence-electron chi connectivity index (χ2n) is 6.86. The highest BCUT2D eigenvalue weighted by molar-refractivity contribution is 5.97. The van der Waals surface area contributed by atoms with Crippen LogP contribution in [0, 0.1) is 11.8 Å². The normalized spacial score (nSPS) is 24.3. The summed E-state index contributed by atoms with van der Waals surface area (Å²) in [6, 6.07) is 7.31. The lowest BCUT2D eigenvalue weighted by Crippen LogP contribution is -2.49. The fourth-order valence-corrected chi connectivity index (χ4v) is 3.19. The molecule has 1 heterocycles. The predicted octanol–water partition coefficient (Wildman–Crippen LogP) is 2.23. The Morgan fingerprint density at radius 3 is 2.52 bits per heavy atom. The third-order valence-electron chi connectivity index (χ3n) is 4.86. The van der Waals surface area contributed by atoms with Crippen molar-refractivity contribution in [2.45, 2.75) is 38.6 Å². The van der Waals surface area contributed by atoms with Crippen molar-refractivity contribution in [2.24, 2.45) is 17.6 Å². The molecule has 2 aliphatic rings. The number of amides is 2. The van der Waals surface area contributed by atoms with Crippen LogP contribution in [0.3, 0.4) is 0 Å². The molecule has 1 aromatic rings. The predicted molar refractivity (Wildman–Crippen MR) is 90.1 cm³/mol. The maximum atomic E-state index is 12.7. The SMILES string of the molecule is CC1CCN(C(=O)c2ccc(NC(=O)C3CC3)cc2)C(CN)C1. The average molecular weight is 315 g/mol. The molecule has 1 saturated carbocycles. The van der Waals surface area contributed by atoms with Crippen molar-refractivity contribution in [3.63, 3.8) is 0 Å². The number of hydrogen-bond donors (Lipinski definition) is 2. The molecule has 2 fully saturated rings. The molecule has 1 aliphatic heterocycles. The second-order valence-corrected chi connectivity index (χ2v) is 6.86. The van der Waals surface area contributed by atoms with Crippen LogP contribution in [0.5, 0.6) is 0 Å². The first-order valence-corrected chi connectivity index (χ1v) is 8.50. The zero-order chi connectivity index (χ0) is 16.4. The zero-order valence-corrected chi connectivity index (χ0v) is 13.6. The van der Waals surface area contributed by atoms with Crippen molar-refractivity contribution in [1.29, 1.82) is 0 Å². The Balaban J connectivity index is 1.65. The van der Waals surface area contributed by atoms with Gasteiger partial charge in [0.15, 0.2) is 0 Å². The molecular formula is C18H25N3O2. The van der Waals surface area contributed by atoms with E-state index in [0.717, 1.165) is 37.9 Å². The molecule has 124 valence electrons. The highest BCUT2D eigenvalue weighted by Gasteiger charge is 2.30. The number of carbonyl (C=O) groups excluding carboxylic acids is 2. The minimum atomic E-state index is 0.0346. The van der Waals surface area contributed by atoms with Crippen LogP contribution in [0.15, 0.2) is 24.3 Å². The van der Waals surface area contributed by atoms with Gasteiger partial charge in [-0.2, -0.15) is 0 Å². The highest BCUT2D eigenvalue weighted by Crippen LogP contribution is 2.30. The van der Waals surface area contributed by atoms with Crippen molar-refractivity contribution < 1.29 is 9.59 Å². The van der Waals surface area contributed by atoms with Crippen LogP contribution in [0.25, 0.3) is 0 Å². The van der Waals surface area contributed by atoms with E-state index in [0.29, 0.717) is 18.0 Å². The molecule has 2 amide bonds. The first-order valence-electron chi connectivity index (χ1n) is 8.50. The first-order chi connectivity index (χ1) is 11.1. The third kappa shape index (κ3) is 3.72. The molecule has 0 radical (unpaired) electrons. The lowest BCUT2D eigenvalue weighted by atomic mass is 9.92. The van der Waals surface area contributed by atoms with Gasteiger partial charge in [-0.25, -0.2) is 0 Å². The molecule has 3 rings (SSSR count). The number of carbonyl (C=O) groups is 2. The van der Waals surface area contributed by atoms with Crippen molar-refractivity contribution in [1.82, 2.24) is 4.90 Å². The average Bonchev–Trinajstić information content (AvgIpc) is 3.39. The number of piperidine rings is 1. The zero-order valence-electron chi connectivity index (χ0n) is 13.6. The Morgan fingerprint density at radius 1 is 1.22 bits per heavy atom. The number of nitrogens with zero attached hydrogens (tertiary/aromatic N) is 1. The quantitative estimate of drug-likeness (QED) is 0.894. The van der Waals surface area contributed by atoms with Gasteiger partial charge >= 0.3 is 0 Å². The molecule has 0 spiro atoms. The van der Waals surface area contributed by atoms with Crippen LogP contribution in [0.1, 0.15) is 43.0 Å². The molecule has 2 unspecified atom stereocenters. The van der Waals surface area contributed by atoms with Gasteiger partial charge in [0, 0.05) is 36.3 Å². The molecule has 5 heteroatoms. The summed E-state index contributed by atoms with van der Waals surface area (Å²) in [6.45, 7) is 3.48. The van der Waals surface area contributed by atoms with Gasteiger partial charge in [0.25, 0.3) is 5.91 Å². The minimum absolute atomic E-state index is 0.0346. The fourth-order valence-electron chi connectivity index (χ4n) is 3.19. The Morgan fingerprint density at radius 2 is 1.91 bits per heavy atom. The number of benzene rings is 1. The van der Waals surface area contributed by atoms with Crippen molar-refractivity contribution in [2.75, 3.05) is 18.4 Å². The van der Waals surface area contributed by atoms with Crippen LogP contribution in [-0.2, 0) is 4.79 Å². The van der Waals surface area contributed by atoms with Crippen LogP contribution < -0.4 is 11.1 Å². The molecule has 1 saturated heterocycles. The van der Waals surface area contributed by atoms with E-state index >= 15 is 0 Å². The van der Waals surface area contributed by atoms with Gasteiger partial charge in [0.2, 0.25) is 5.91 Å². The van der Waals surface area contributed by atoms with Gasteiger partial charge in [0.1, 0.15) is 0 Å². The molecule has 3 N–H and O–H groups in total. The summed E-state index contributed by atoms with van der Waals surface area (Å²) in [5.41, 5.74) is 7.25. The molecule has 23 heavy (non-hydrogen) atoms. The van der Waals surface area contributed by atoms with E-state index in [1.807, 2.05) is 4.90 Å². The summed E-state index contributed by atoms with van der Waals surface area (Å²) in [6.07, 6.45) is 3.96. The standard InChI is InChI=1S/C18H25N3O2/c1-12-8-9-21(16(10-12)11-19)18(23)14-4-6-15(7-5-14)20-17(22)13-2-3-13/h4-7,12-13,16H,2-3,8-11,19H2,1H3,(H,20,22). The maximum absolute atomic E-state index is 12.7. The number of nitrogens with two attached hydrogens (primary N) is 1. The van der Waals surface area contributed by atoms with Gasteiger partial charge in [-0.3, -0.25) is 9.59 Å². The Bertz CT molecular complexity index is 580. The first kappa shape index (κ1) is 16.0. The number of nitrogens with one attached hydrogen (secondary N) is 1. The van der Waals surface area contributed by atoms with Gasteiger partial charge < -0.3 is 16.0 Å². The molecule has 1 aromatic carbocycles. The number of hydrogen-bond acceptors (Lipinski definition) is 3. The van der Waals surface area contributed by atoms with E-state index in [1.165, 1.54) is 0 Å². The van der Waals surface area contributed by atoms with E-state index in [1.54, 1.807) is 24.3 Å². The van der Waals surface area contributed by atoms with Crippen molar-refractivity contribution in [3.05, 3.63) is 29.8 Å². The number of anilines is 1. The Labute approximate surface area is 137 Å². The Kier molecular flexibility index (Phi) is 4.66. The summed E-state index contributed by atoms with van der Waals surface area (Å²) in [4.78, 5) is 26.4. The van der Waals surface area contributed by atoms with E-state index in [4.69, 9.17) is 5.73 Å². The second kappa shape index (κ2) is 6.71. The van der Waals surface area contributed by atoms with Gasteiger partial charge in [-0.1, -0.05) is 6.92 Å². The molecule has 0 bridgehead atoms. The summed E-state index contributed by atoms with van der Waals surface area (Å²) >= 11 is 0. The number of likely N-dealkylation sites (tertiary alicyclic amines) is 1. The molecule has 5 nitrogen and oxygen atoms in total. The number of rotatable bonds is 4. The summed E-state index contributed by atoms with van der Waals surface area (Å²) in [5, 5.41) is 2.89. The van der Waals surface area contributed by atoms with Crippen molar-refractivity contribution >= 4 is 17.5 Å². The maximum Gasteiger partial charge on any atom is 0.254 e. The Hall–Kier alpha value is -1.88. The molecular weight excluding hydrogens is 290 g/mol. The van der Waals surface area contributed by atoms with E-state index in [9.17, 15) is 9.59 Å². The minimum Gasteiger partial charge on any atom is -0.334 e. The topological polar surface area (TPSA) is 75.4 Å². The molecule has 0 aromatic heterocycles. The van der Waals surface area contributed by atoms with Gasteiger partial charge in [-0.15, -0.1) is 0 Å². The summed E-state index contributed by atoms with van der Waals surface area (Å²) in [7, 11) is 0. The van der Waals surface area contributed by atoms with Crippen LogP contribution >= 0.6 is 0 Å². The summed E-state index contributed by atoms with van der Waals surface area (Å²) < 4.78 is 0. The molecule has 1 aliphatic carbocycles. The fraction of sp³-hybridized carbons (Fsp3) is 0.556. The van der Waals surface area contributed by atoms with Crippen LogP contribution in [0.4, 0.5) is 5.69 Å².